The highest BCUT2D eigenvalue weighted by molar-refractivity contribution is 6.31. The normalized spacial score (nSPS) is 23.9. The molecule has 3 saturated carbocycles. The Balaban J connectivity index is 1.46. The van der Waals surface area contributed by atoms with Gasteiger partial charge in [-0.1, -0.05) is 11.6 Å². The number of nitrogens with zero attached hydrogens (tertiary/aromatic N) is 6. The fourth-order valence-corrected chi connectivity index (χ4v) is 5.72. The second kappa shape index (κ2) is 8.05. The molecule has 0 radical (unpaired) electrons. The minimum absolute atomic E-state index is 0.177. The molecule has 174 valence electrons. The van der Waals surface area contributed by atoms with Gasteiger partial charge in [0.25, 0.3) is 0 Å². The Morgan fingerprint density at radius 1 is 1.18 bits per heavy atom. The summed E-state index contributed by atoms with van der Waals surface area (Å²) >= 11 is 6.18. The molecule has 0 aliphatic heterocycles. The number of anilines is 1. The van der Waals surface area contributed by atoms with Crippen LogP contribution >= 0.6 is 11.6 Å². The SMILES string of the molecule is Cn1cc(-c2cc(NC3C4CCC(CC4)C3C(=O)O)nc(-c3[nH]nc4ncc(Cl)cc34)n2)cn1. The monoisotopic (exact) mass is 478 g/mol. The number of H-pyrrole nitrogens is 1. The van der Waals surface area contributed by atoms with Crippen LogP contribution in [0.3, 0.4) is 0 Å². The molecule has 4 aromatic heterocycles. The standard InChI is InChI=1S/C23H23ClN8O2/c1-32-10-13(8-26-32)16-7-17(28-19-12-4-2-11(3-5-12)18(19)23(33)34)29-22(27-16)20-15-6-14(24)9-25-21(15)31-30-20/h6-12,18-19H,2-5H2,1H3,(H,33,34)(H,25,30,31)(H,27,28,29). The average Bonchev–Trinajstić information content (AvgIpc) is 3.45. The predicted molar refractivity (Wildman–Crippen MR) is 126 cm³/mol. The Morgan fingerprint density at radius 2 is 1.97 bits per heavy atom. The van der Waals surface area contributed by atoms with Crippen molar-refractivity contribution in [3.63, 3.8) is 0 Å². The third-order valence-corrected chi connectivity index (χ3v) is 7.35. The van der Waals surface area contributed by atoms with Gasteiger partial charge in [-0.05, 0) is 43.6 Å². The molecule has 4 heterocycles. The van der Waals surface area contributed by atoms with Crippen molar-refractivity contribution in [2.24, 2.45) is 24.8 Å². The fourth-order valence-electron chi connectivity index (χ4n) is 5.56. The van der Waals surface area contributed by atoms with E-state index in [4.69, 9.17) is 21.6 Å². The Kier molecular flexibility index (Phi) is 4.98. The Labute approximate surface area is 199 Å². The molecule has 7 rings (SSSR count). The maximum atomic E-state index is 12.2. The summed E-state index contributed by atoms with van der Waals surface area (Å²) in [6, 6.07) is 3.45. The minimum atomic E-state index is -0.742. The second-order valence-corrected chi connectivity index (χ2v) is 9.63. The highest BCUT2D eigenvalue weighted by atomic mass is 35.5. The van der Waals surface area contributed by atoms with Gasteiger partial charge in [-0.2, -0.15) is 10.2 Å². The first-order valence-corrected chi connectivity index (χ1v) is 11.7. The third-order valence-electron chi connectivity index (χ3n) is 7.15. The first-order chi connectivity index (χ1) is 16.5. The smallest absolute Gasteiger partial charge is 0.308 e. The lowest BCUT2D eigenvalue weighted by Gasteiger charge is -2.47. The average molecular weight is 479 g/mol. The molecule has 2 bridgehead atoms. The number of halogens is 1. The summed E-state index contributed by atoms with van der Waals surface area (Å²) in [6.07, 6.45) is 9.18. The van der Waals surface area contributed by atoms with Crippen LogP contribution in [0.2, 0.25) is 5.02 Å². The maximum Gasteiger partial charge on any atom is 0.308 e. The zero-order valence-electron chi connectivity index (χ0n) is 18.4. The molecule has 0 aromatic carbocycles. The highest BCUT2D eigenvalue weighted by Crippen LogP contribution is 2.46. The molecule has 34 heavy (non-hydrogen) atoms. The molecule has 0 spiro atoms. The molecule has 4 aromatic rings. The number of aromatic nitrogens is 7. The molecule has 0 saturated heterocycles. The van der Waals surface area contributed by atoms with E-state index in [9.17, 15) is 9.90 Å². The van der Waals surface area contributed by atoms with Crippen LogP contribution in [-0.2, 0) is 11.8 Å². The van der Waals surface area contributed by atoms with Crippen molar-refractivity contribution in [2.75, 3.05) is 5.32 Å². The van der Waals surface area contributed by atoms with Crippen molar-refractivity contribution >= 4 is 34.4 Å². The lowest BCUT2D eigenvalue weighted by molar-refractivity contribution is -0.148. The van der Waals surface area contributed by atoms with E-state index in [0.29, 0.717) is 45.0 Å². The van der Waals surface area contributed by atoms with Gasteiger partial charge in [0, 0.05) is 37.1 Å². The van der Waals surface area contributed by atoms with E-state index in [1.54, 1.807) is 23.1 Å². The van der Waals surface area contributed by atoms with Gasteiger partial charge in [-0.15, -0.1) is 0 Å². The molecule has 3 aliphatic rings. The number of hydrogen-bond acceptors (Lipinski definition) is 7. The lowest BCUT2D eigenvalue weighted by atomic mass is 9.61. The van der Waals surface area contributed by atoms with Crippen molar-refractivity contribution < 1.29 is 9.90 Å². The van der Waals surface area contributed by atoms with Gasteiger partial charge in [-0.3, -0.25) is 14.6 Å². The van der Waals surface area contributed by atoms with E-state index in [0.717, 1.165) is 31.2 Å². The summed E-state index contributed by atoms with van der Waals surface area (Å²) < 4.78 is 1.71. The van der Waals surface area contributed by atoms with E-state index >= 15 is 0 Å². The molecule has 2 atom stereocenters. The molecule has 3 aliphatic carbocycles. The van der Waals surface area contributed by atoms with E-state index in [1.807, 2.05) is 19.3 Å². The number of nitrogens with one attached hydrogen (secondary N) is 2. The topological polar surface area (TPSA) is 134 Å². The Bertz CT molecular complexity index is 1390. The third kappa shape index (κ3) is 3.58. The van der Waals surface area contributed by atoms with Crippen LogP contribution in [0, 0.1) is 17.8 Å². The Hall–Kier alpha value is -3.53. The predicted octanol–water partition coefficient (Wildman–Crippen LogP) is 3.77. The number of rotatable bonds is 5. The molecule has 3 N–H and O–H groups in total. The van der Waals surface area contributed by atoms with E-state index in [1.165, 1.54) is 0 Å². The van der Waals surface area contributed by atoms with E-state index in [2.05, 4.69) is 25.6 Å². The van der Waals surface area contributed by atoms with Crippen LogP contribution in [0.1, 0.15) is 25.7 Å². The molecule has 3 fully saturated rings. The number of aromatic amines is 1. The first kappa shape index (κ1) is 21.0. The van der Waals surface area contributed by atoms with Gasteiger partial charge < -0.3 is 10.4 Å². The number of fused-ring (bicyclic) bond motifs is 4. The number of carbonyl (C=O) groups is 1. The zero-order chi connectivity index (χ0) is 23.4. The fraction of sp³-hybridized carbons (Fsp3) is 0.391. The summed E-state index contributed by atoms with van der Waals surface area (Å²) in [6.45, 7) is 0. The van der Waals surface area contributed by atoms with Gasteiger partial charge in [0.2, 0.25) is 0 Å². The summed E-state index contributed by atoms with van der Waals surface area (Å²) in [7, 11) is 1.84. The molecule has 11 heteroatoms. The lowest BCUT2D eigenvalue weighted by Crippen LogP contribution is -2.51. The van der Waals surface area contributed by atoms with Gasteiger partial charge in [0.15, 0.2) is 11.5 Å². The molecule has 2 unspecified atom stereocenters. The summed E-state index contributed by atoms with van der Waals surface area (Å²) in [5, 5.41) is 26.2. The molecule has 0 amide bonds. The molecular formula is C23H23ClN8O2. The van der Waals surface area contributed by atoms with Crippen LogP contribution in [0.15, 0.2) is 30.7 Å². The van der Waals surface area contributed by atoms with Crippen molar-refractivity contribution in [2.45, 2.75) is 31.7 Å². The summed E-state index contributed by atoms with van der Waals surface area (Å²) in [5.74, 6) is 0.331. The van der Waals surface area contributed by atoms with E-state index in [-0.39, 0.29) is 12.0 Å². The van der Waals surface area contributed by atoms with Gasteiger partial charge >= 0.3 is 5.97 Å². The number of pyridine rings is 1. The summed E-state index contributed by atoms with van der Waals surface area (Å²) in [4.78, 5) is 26.0. The van der Waals surface area contributed by atoms with E-state index < -0.39 is 11.9 Å². The molecule has 10 nitrogen and oxygen atoms in total. The largest absolute Gasteiger partial charge is 0.481 e. The van der Waals surface area contributed by atoms with Crippen molar-refractivity contribution in [1.29, 1.82) is 0 Å². The molecular weight excluding hydrogens is 456 g/mol. The summed E-state index contributed by atoms with van der Waals surface area (Å²) in [5.41, 5.74) is 2.61. The Morgan fingerprint density at radius 3 is 2.71 bits per heavy atom. The van der Waals surface area contributed by atoms with Crippen LogP contribution in [0.5, 0.6) is 0 Å². The number of carboxylic acids is 1. The number of aliphatic carboxylic acids is 1. The number of hydrogen-bond donors (Lipinski definition) is 3. The minimum Gasteiger partial charge on any atom is -0.481 e. The number of aryl methyl sites for hydroxylation is 1. The van der Waals surface area contributed by atoms with Crippen LogP contribution in [-0.4, -0.2) is 52.0 Å². The van der Waals surface area contributed by atoms with Crippen molar-refractivity contribution in [1.82, 2.24) is 34.9 Å². The van der Waals surface area contributed by atoms with Gasteiger partial charge in [0.1, 0.15) is 11.5 Å². The van der Waals surface area contributed by atoms with Crippen LogP contribution < -0.4 is 5.32 Å². The van der Waals surface area contributed by atoms with Gasteiger partial charge in [-0.25, -0.2) is 15.0 Å². The van der Waals surface area contributed by atoms with Crippen LogP contribution in [0.25, 0.3) is 33.8 Å². The quantitative estimate of drug-likeness (QED) is 0.394. The highest BCUT2D eigenvalue weighted by Gasteiger charge is 2.47. The van der Waals surface area contributed by atoms with Crippen molar-refractivity contribution in [3.8, 4) is 22.8 Å². The van der Waals surface area contributed by atoms with Crippen LogP contribution in [0.4, 0.5) is 5.82 Å². The second-order valence-electron chi connectivity index (χ2n) is 9.20. The first-order valence-electron chi connectivity index (χ1n) is 11.3. The van der Waals surface area contributed by atoms with Crippen molar-refractivity contribution in [3.05, 3.63) is 35.7 Å². The zero-order valence-corrected chi connectivity index (χ0v) is 19.2. The maximum absolute atomic E-state index is 12.2. The number of carboxylic acid groups (broad SMARTS) is 1. The van der Waals surface area contributed by atoms with Gasteiger partial charge in [0.05, 0.1) is 28.2 Å².